The largest absolute Gasteiger partial charge is 0.304 e. The summed E-state index contributed by atoms with van der Waals surface area (Å²) in [4.78, 5) is 11.7. The lowest BCUT2D eigenvalue weighted by Crippen LogP contribution is -2.16. The lowest BCUT2D eigenvalue weighted by Gasteiger charge is -1.98. The summed E-state index contributed by atoms with van der Waals surface area (Å²) in [5.41, 5.74) is 2.67. The van der Waals surface area contributed by atoms with Crippen LogP contribution in [0.25, 0.3) is 0 Å². The SMILES string of the molecule is O=c1ccccn1CC#Cc1ccccc1C#Cc1ccccc1. The molecule has 0 N–H and O–H groups in total. The average Bonchev–Trinajstić information content (AvgIpc) is 2.63. The van der Waals surface area contributed by atoms with E-state index in [1.54, 1.807) is 16.8 Å². The summed E-state index contributed by atoms with van der Waals surface area (Å²) in [5, 5.41) is 0. The maximum absolute atomic E-state index is 11.7. The Morgan fingerprint density at radius 3 is 2.12 bits per heavy atom. The molecule has 0 saturated carbocycles. The van der Waals surface area contributed by atoms with Crippen LogP contribution in [0.1, 0.15) is 16.7 Å². The van der Waals surface area contributed by atoms with Crippen LogP contribution in [0.5, 0.6) is 0 Å². The van der Waals surface area contributed by atoms with Crippen LogP contribution in [-0.4, -0.2) is 4.57 Å². The van der Waals surface area contributed by atoms with E-state index in [4.69, 9.17) is 0 Å². The predicted octanol–water partition coefficient (Wildman–Crippen LogP) is 3.30. The summed E-state index contributed by atoms with van der Waals surface area (Å²) in [6.45, 7) is 0.361. The van der Waals surface area contributed by atoms with E-state index in [1.165, 1.54) is 6.07 Å². The Morgan fingerprint density at radius 1 is 0.708 bits per heavy atom. The third-order valence-electron chi connectivity index (χ3n) is 3.41. The Bertz CT molecular complexity index is 1010. The van der Waals surface area contributed by atoms with Crippen LogP contribution in [0.3, 0.4) is 0 Å². The Labute approximate surface area is 141 Å². The highest BCUT2D eigenvalue weighted by Gasteiger charge is 1.95. The monoisotopic (exact) mass is 309 g/mol. The number of hydrogen-bond acceptors (Lipinski definition) is 1. The fraction of sp³-hybridized carbons (Fsp3) is 0.0455. The van der Waals surface area contributed by atoms with Gasteiger partial charge in [-0.05, 0) is 30.3 Å². The lowest BCUT2D eigenvalue weighted by molar-refractivity contribution is 0.796. The van der Waals surface area contributed by atoms with Crippen LogP contribution in [0.2, 0.25) is 0 Å². The predicted molar refractivity (Wildman–Crippen MR) is 96.4 cm³/mol. The van der Waals surface area contributed by atoms with Gasteiger partial charge in [0.25, 0.3) is 5.56 Å². The van der Waals surface area contributed by atoms with Crippen molar-refractivity contribution in [1.29, 1.82) is 0 Å². The Balaban J connectivity index is 1.83. The number of pyridine rings is 1. The highest BCUT2D eigenvalue weighted by molar-refractivity contribution is 5.52. The highest BCUT2D eigenvalue weighted by Crippen LogP contribution is 2.06. The smallest absolute Gasteiger partial charge is 0.251 e. The minimum absolute atomic E-state index is 0.0519. The summed E-state index contributed by atoms with van der Waals surface area (Å²) < 4.78 is 1.57. The van der Waals surface area contributed by atoms with Gasteiger partial charge in [-0.3, -0.25) is 4.79 Å². The molecule has 0 aliphatic rings. The van der Waals surface area contributed by atoms with Crippen LogP contribution >= 0.6 is 0 Å². The molecule has 24 heavy (non-hydrogen) atoms. The summed E-state index contributed by atoms with van der Waals surface area (Å²) in [6.07, 6.45) is 1.73. The standard InChI is InChI=1S/C22H15NO/c24-22-14-6-7-17-23(22)18-8-13-20-11-4-5-12-21(20)16-15-19-9-2-1-3-10-19/h1-7,9-12,14,17H,18H2. The molecule has 0 bridgehead atoms. The van der Waals surface area contributed by atoms with E-state index in [-0.39, 0.29) is 5.56 Å². The molecule has 114 valence electrons. The maximum atomic E-state index is 11.7. The van der Waals surface area contributed by atoms with Crippen molar-refractivity contribution < 1.29 is 0 Å². The van der Waals surface area contributed by atoms with E-state index in [0.717, 1.165) is 16.7 Å². The van der Waals surface area contributed by atoms with Crippen LogP contribution < -0.4 is 5.56 Å². The van der Waals surface area contributed by atoms with Crippen molar-refractivity contribution in [3.63, 3.8) is 0 Å². The van der Waals surface area contributed by atoms with Crippen LogP contribution in [-0.2, 0) is 6.54 Å². The molecule has 0 saturated heterocycles. The quantitative estimate of drug-likeness (QED) is 0.632. The summed E-state index contributed by atoms with van der Waals surface area (Å²) in [7, 11) is 0. The van der Waals surface area contributed by atoms with E-state index < -0.39 is 0 Å². The summed E-state index contributed by atoms with van der Waals surface area (Å²) in [5.74, 6) is 12.5. The maximum Gasteiger partial charge on any atom is 0.251 e. The molecule has 0 aliphatic heterocycles. The fourth-order valence-corrected chi connectivity index (χ4v) is 2.17. The van der Waals surface area contributed by atoms with Crippen molar-refractivity contribution >= 4 is 0 Å². The van der Waals surface area contributed by atoms with Crippen LogP contribution in [0, 0.1) is 23.7 Å². The molecule has 0 amide bonds. The molecule has 2 aromatic carbocycles. The van der Waals surface area contributed by atoms with Gasteiger partial charge in [0.1, 0.15) is 0 Å². The zero-order chi connectivity index (χ0) is 16.6. The highest BCUT2D eigenvalue weighted by atomic mass is 16.1. The zero-order valence-electron chi connectivity index (χ0n) is 13.1. The molecule has 3 aromatic rings. The molecule has 2 nitrogen and oxygen atoms in total. The molecule has 0 spiro atoms. The third-order valence-corrected chi connectivity index (χ3v) is 3.41. The molecule has 1 heterocycles. The van der Waals surface area contributed by atoms with Crippen molar-refractivity contribution in [2.45, 2.75) is 6.54 Å². The second-order valence-electron chi connectivity index (χ2n) is 5.13. The average molecular weight is 309 g/mol. The Hall–Kier alpha value is -3.49. The topological polar surface area (TPSA) is 22.0 Å². The van der Waals surface area contributed by atoms with E-state index in [1.807, 2.05) is 60.7 Å². The van der Waals surface area contributed by atoms with Gasteiger partial charge >= 0.3 is 0 Å². The second kappa shape index (κ2) is 7.68. The van der Waals surface area contributed by atoms with Gasteiger partial charge in [0.2, 0.25) is 0 Å². The number of rotatable bonds is 1. The Morgan fingerprint density at radius 2 is 1.38 bits per heavy atom. The van der Waals surface area contributed by atoms with E-state index in [9.17, 15) is 4.79 Å². The third kappa shape index (κ3) is 4.03. The van der Waals surface area contributed by atoms with Gasteiger partial charge < -0.3 is 4.57 Å². The van der Waals surface area contributed by atoms with Crippen LogP contribution in [0.15, 0.2) is 83.8 Å². The van der Waals surface area contributed by atoms with Crippen molar-refractivity contribution in [3.05, 3.63) is 106 Å². The Kier molecular flexibility index (Phi) is 4.93. The van der Waals surface area contributed by atoms with Gasteiger partial charge in [-0.15, -0.1) is 0 Å². The van der Waals surface area contributed by atoms with Crippen molar-refractivity contribution in [1.82, 2.24) is 4.57 Å². The van der Waals surface area contributed by atoms with Crippen molar-refractivity contribution in [2.75, 3.05) is 0 Å². The molecular formula is C22H15NO. The molecule has 0 radical (unpaired) electrons. The zero-order valence-corrected chi connectivity index (χ0v) is 13.1. The van der Waals surface area contributed by atoms with E-state index in [2.05, 4.69) is 23.7 Å². The van der Waals surface area contributed by atoms with Gasteiger partial charge in [0, 0.05) is 29.0 Å². The van der Waals surface area contributed by atoms with Crippen molar-refractivity contribution in [2.24, 2.45) is 0 Å². The molecule has 3 rings (SSSR count). The molecule has 0 unspecified atom stereocenters. The number of nitrogens with zero attached hydrogens (tertiary/aromatic N) is 1. The molecule has 0 atom stereocenters. The second-order valence-corrected chi connectivity index (χ2v) is 5.13. The van der Waals surface area contributed by atoms with Gasteiger partial charge in [-0.25, -0.2) is 0 Å². The first-order chi connectivity index (χ1) is 11.8. The molecule has 0 aliphatic carbocycles. The first-order valence-electron chi connectivity index (χ1n) is 7.63. The van der Waals surface area contributed by atoms with E-state index in [0.29, 0.717) is 6.54 Å². The van der Waals surface area contributed by atoms with Crippen LogP contribution in [0.4, 0.5) is 0 Å². The summed E-state index contributed by atoms with van der Waals surface area (Å²) >= 11 is 0. The molecule has 2 heteroatoms. The first kappa shape index (κ1) is 15.4. The normalized spacial score (nSPS) is 9.33. The number of aromatic nitrogens is 1. The number of hydrogen-bond donors (Lipinski definition) is 0. The van der Waals surface area contributed by atoms with Gasteiger partial charge in [-0.1, -0.05) is 60.1 Å². The first-order valence-corrected chi connectivity index (χ1v) is 7.63. The fourth-order valence-electron chi connectivity index (χ4n) is 2.17. The molecular weight excluding hydrogens is 294 g/mol. The van der Waals surface area contributed by atoms with Crippen molar-refractivity contribution in [3.8, 4) is 23.7 Å². The lowest BCUT2D eigenvalue weighted by atomic mass is 10.1. The minimum atomic E-state index is -0.0519. The van der Waals surface area contributed by atoms with Gasteiger partial charge in [0.15, 0.2) is 0 Å². The molecule has 0 fully saturated rings. The number of benzene rings is 2. The summed E-state index contributed by atoms with van der Waals surface area (Å²) in [6, 6.07) is 22.7. The molecule has 1 aromatic heterocycles. The minimum Gasteiger partial charge on any atom is -0.304 e. The van der Waals surface area contributed by atoms with E-state index >= 15 is 0 Å². The van der Waals surface area contributed by atoms with Gasteiger partial charge in [-0.2, -0.15) is 0 Å². The van der Waals surface area contributed by atoms with Gasteiger partial charge in [0.05, 0.1) is 6.54 Å².